The molecule has 0 atom stereocenters. The number of hydrogen-bond acceptors (Lipinski definition) is 8. The van der Waals surface area contributed by atoms with Gasteiger partial charge in [0.15, 0.2) is 0 Å². The summed E-state index contributed by atoms with van der Waals surface area (Å²) < 4.78 is 0. The van der Waals surface area contributed by atoms with Crippen molar-refractivity contribution in [2.45, 2.75) is 64.2 Å². The van der Waals surface area contributed by atoms with Gasteiger partial charge in [-0.05, 0) is 85.3 Å². The molecule has 4 aromatic rings. The molecule has 4 aromatic carbocycles. The Balaban J connectivity index is 1.02. The van der Waals surface area contributed by atoms with Crippen LogP contribution >= 0.6 is 0 Å². The Kier molecular flexibility index (Phi) is 12.4. The number of azo groups is 2. The summed E-state index contributed by atoms with van der Waals surface area (Å²) in [6.45, 7) is 0. The predicted octanol–water partition coefficient (Wildman–Crippen LogP) is 11.2. The molecule has 0 radical (unpaired) electrons. The van der Waals surface area contributed by atoms with Gasteiger partial charge in [-0.25, -0.2) is 0 Å². The van der Waals surface area contributed by atoms with Crippen molar-refractivity contribution in [2.24, 2.45) is 20.5 Å². The maximum Gasteiger partial charge on any atom is 0.269 e. The molecule has 0 aliphatic carbocycles. The van der Waals surface area contributed by atoms with E-state index in [0.29, 0.717) is 11.4 Å². The molecule has 4 rings (SSSR count). The molecule has 0 bridgehead atoms. The van der Waals surface area contributed by atoms with Gasteiger partial charge in [-0.15, -0.1) is 0 Å². The molecule has 10 nitrogen and oxygen atoms in total. The third kappa shape index (κ3) is 10.9. The van der Waals surface area contributed by atoms with Gasteiger partial charge in [-0.2, -0.15) is 20.5 Å². The summed E-state index contributed by atoms with van der Waals surface area (Å²) in [4.78, 5) is 20.6. The maximum atomic E-state index is 10.7. The van der Waals surface area contributed by atoms with E-state index < -0.39 is 9.85 Å². The SMILES string of the molecule is O=[N+]([O-])c1ccc(N=Nc2ccc(CCCCCCCCCCc3ccc(N=Nc4ccc([N+](=O)[O-])cc4)cc3)cc2)cc1. The van der Waals surface area contributed by atoms with Crippen LogP contribution < -0.4 is 0 Å². The van der Waals surface area contributed by atoms with E-state index >= 15 is 0 Å². The standard InChI is InChI=1S/C34H36N6O4/c41-39(42)33-23-19-31(20-24-33)37-35-29-15-11-27(12-16-29)9-7-5-3-1-2-4-6-8-10-28-13-17-30(18-14-28)36-38-32-21-25-34(26-22-32)40(43)44/h11-26H,1-10H2. The third-order valence-corrected chi connectivity index (χ3v) is 7.24. The molecule has 0 saturated carbocycles. The van der Waals surface area contributed by atoms with Gasteiger partial charge in [0.2, 0.25) is 0 Å². The zero-order valence-corrected chi connectivity index (χ0v) is 24.6. The van der Waals surface area contributed by atoms with Crippen LogP contribution in [0.15, 0.2) is 118 Å². The summed E-state index contributed by atoms with van der Waals surface area (Å²) in [5.74, 6) is 0. The molecule has 0 heterocycles. The van der Waals surface area contributed by atoms with Crippen molar-refractivity contribution in [3.63, 3.8) is 0 Å². The van der Waals surface area contributed by atoms with Crippen LogP contribution in [-0.2, 0) is 12.8 Å². The predicted molar refractivity (Wildman–Crippen MR) is 172 cm³/mol. The molecule has 0 N–H and O–H groups in total. The fourth-order valence-electron chi connectivity index (χ4n) is 4.69. The highest BCUT2D eigenvalue weighted by Crippen LogP contribution is 2.23. The second-order valence-corrected chi connectivity index (χ2v) is 10.6. The smallest absolute Gasteiger partial charge is 0.258 e. The van der Waals surface area contributed by atoms with Crippen LogP contribution in [0, 0.1) is 20.2 Å². The van der Waals surface area contributed by atoms with Crippen LogP contribution in [0.4, 0.5) is 34.1 Å². The van der Waals surface area contributed by atoms with E-state index in [0.717, 1.165) is 24.2 Å². The lowest BCUT2D eigenvalue weighted by molar-refractivity contribution is -0.385. The number of nitro groups is 2. The van der Waals surface area contributed by atoms with Crippen LogP contribution in [-0.4, -0.2) is 9.85 Å². The molecule has 0 unspecified atom stereocenters. The van der Waals surface area contributed by atoms with E-state index in [4.69, 9.17) is 0 Å². The van der Waals surface area contributed by atoms with Gasteiger partial charge < -0.3 is 0 Å². The topological polar surface area (TPSA) is 136 Å². The summed E-state index contributed by atoms with van der Waals surface area (Å²) in [6, 6.07) is 28.2. The molecule has 0 aliphatic rings. The van der Waals surface area contributed by atoms with Gasteiger partial charge in [0, 0.05) is 24.3 Å². The molecule has 0 fully saturated rings. The Morgan fingerprint density at radius 3 is 0.909 bits per heavy atom. The Morgan fingerprint density at radius 1 is 0.386 bits per heavy atom. The first kappa shape index (κ1) is 31.8. The largest absolute Gasteiger partial charge is 0.269 e. The maximum absolute atomic E-state index is 10.7. The summed E-state index contributed by atoms with van der Waals surface area (Å²) >= 11 is 0. The Hall–Kier alpha value is -5.12. The number of nitrogens with zero attached hydrogens (tertiary/aromatic N) is 6. The van der Waals surface area contributed by atoms with Crippen molar-refractivity contribution in [1.82, 2.24) is 0 Å². The van der Waals surface area contributed by atoms with Crippen LogP contribution in [0.25, 0.3) is 0 Å². The summed E-state index contributed by atoms with van der Waals surface area (Å²) in [5, 5.41) is 38.2. The van der Waals surface area contributed by atoms with Crippen molar-refractivity contribution in [1.29, 1.82) is 0 Å². The minimum Gasteiger partial charge on any atom is -0.258 e. The number of rotatable bonds is 17. The average Bonchev–Trinajstić information content (AvgIpc) is 3.05. The van der Waals surface area contributed by atoms with E-state index in [2.05, 4.69) is 44.7 Å². The Bertz CT molecular complexity index is 1420. The lowest BCUT2D eigenvalue weighted by Gasteiger charge is -2.04. The first-order valence-electron chi connectivity index (χ1n) is 15.0. The summed E-state index contributed by atoms with van der Waals surface area (Å²) in [6.07, 6.45) is 12.0. The Labute approximate surface area is 256 Å². The summed E-state index contributed by atoms with van der Waals surface area (Å²) in [7, 11) is 0. The average molecular weight is 593 g/mol. The number of non-ortho nitro benzene ring substituents is 2. The highest BCUT2D eigenvalue weighted by atomic mass is 16.6. The van der Waals surface area contributed by atoms with Gasteiger partial charge >= 0.3 is 0 Å². The van der Waals surface area contributed by atoms with Crippen LogP contribution in [0.5, 0.6) is 0 Å². The second kappa shape index (κ2) is 17.1. The van der Waals surface area contributed by atoms with E-state index in [1.165, 1.54) is 86.8 Å². The van der Waals surface area contributed by atoms with Crippen molar-refractivity contribution in [3.8, 4) is 0 Å². The highest BCUT2D eigenvalue weighted by molar-refractivity contribution is 5.46. The molecule has 0 saturated heterocycles. The number of nitro benzene ring substituents is 2. The second-order valence-electron chi connectivity index (χ2n) is 10.6. The van der Waals surface area contributed by atoms with Crippen molar-refractivity contribution in [3.05, 3.63) is 128 Å². The van der Waals surface area contributed by atoms with Gasteiger partial charge in [-0.1, -0.05) is 62.8 Å². The van der Waals surface area contributed by atoms with Gasteiger partial charge in [-0.3, -0.25) is 20.2 Å². The molecule has 0 spiro atoms. The zero-order valence-electron chi connectivity index (χ0n) is 24.6. The van der Waals surface area contributed by atoms with Crippen molar-refractivity contribution in [2.75, 3.05) is 0 Å². The normalized spacial score (nSPS) is 11.4. The van der Waals surface area contributed by atoms with Crippen LogP contribution in [0.3, 0.4) is 0 Å². The van der Waals surface area contributed by atoms with E-state index in [1.54, 1.807) is 24.3 Å². The van der Waals surface area contributed by atoms with Gasteiger partial charge in [0.1, 0.15) is 0 Å². The van der Waals surface area contributed by atoms with Crippen molar-refractivity contribution >= 4 is 34.1 Å². The lowest BCUT2D eigenvalue weighted by Crippen LogP contribution is -1.87. The first-order chi connectivity index (χ1) is 21.5. The van der Waals surface area contributed by atoms with Crippen LogP contribution in [0.1, 0.15) is 62.5 Å². The zero-order chi connectivity index (χ0) is 31.0. The molecular weight excluding hydrogens is 556 g/mol. The van der Waals surface area contributed by atoms with Gasteiger partial charge in [0.25, 0.3) is 11.4 Å². The number of aryl methyl sites for hydroxylation is 2. The first-order valence-corrected chi connectivity index (χ1v) is 15.0. The fourth-order valence-corrected chi connectivity index (χ4v) is 4.69. The quantitative estimate of drug-likeness (QED) is 0.0521. The summed E-state index contributed by atoms with van der Waals surface area (Å²) in [5.41, 5.74) is 5.33. The van der Waals surface area contributed by atoms with Crippen molar-refractivity contribution < 1.29 is 9.85 Å². The van der Waals surface area contributed by atoms with Crippen LogP contribution in [0.2, 0.25) is 0 Å². The van der Waals surface area contributed by atoms with Gasteiger partial charge in [0.05, 0.1) is 32.6 Å². The number of unbranched alkanes of at least 4 members (excludes halogenated alkanes) is 7. The molecule has 0 amide bonds. The molecule has 44 heavy (non-hydrogen) atoms. The van der Waals surface area contributed by atoms with E-state index in [-0.39, 0.29) is 11.4 Å². The van der Waals surface area contributed by atoms with E-state index in [1.807, 2.05) is 24.3 Å². The lowest BCUT2D eigenvalue weighted by atomic mass is 10.0. The number of hydrogen-bond donors (Lipinski definition) is 0. The minimum atomic E-state index is -0.433. The Morgan fingerprint density at radius 2 is 0.636 bits per heavy atom. The number of benzene rings is 4. The third-order valence-electron chi connectivity index (χ3n) is 7.24. The fraction of sp³-hybridized carbons (Fsp3) is 0.294. The molecule has 0 aromatic heterocycles. The van der Waals surface area contributed by atoms with E-state index in [9.17, 15) is 20.2 Å². The monoisotopic (exact) mass is 592 g/mol. The highest BCUT2D eigenvalue weighted by Gasteiger charge is 2.04. The minimum absolute atomic E-state index is 0.0370. The molecule has 0 aliphatic heterocycles. The molecule has 226 valence electrons. The molecular formula is C34H36N6O4. The molecule has 10 heteroatoms.